The molecule has 0 aliphatic carbocycles. The smallest absolute Gasteiger partial charge is 0.462 e. The molecule has 1 fully saturated rings. The first-order valence-electron chi connectivity index (χ1n) is 22.4. The van der Waals surface area contributed by atoms with Gasteiger partial charge in [0.2, 0.25) is 0 Å². The van der Waals surface area contributed by atoms with E-state index in [9.17, 15) is 19.0 Å². The number of quaternary nitrogens is 1. The van der Waals surface area contributed by atoms with E-state index in [4.69, 9.17) is 23.3 Å². The number of allylic oxidation sites excluding steroid dienone is 13. The molecule has 3 unspecified atom stereocenters. The van der Waals surface area contributed by atoms with E-state index < -0.39 is 32.5 Å². The number of nitrogens with zero attached hydrogens (tertiary/aromatic N) is 1. The Morgan fingerprint density at radius 2 is 1.22 bits per heavy atom. The fourth-order valence-corrected chi connectivity index (χ4v) is 6.49. The molecule has 1 aliphatic rings. The van der Waals surface area contributed by atoms with Crippen molar-refractivity contribution in [1.82, 2.24) is 0 Å². The zero-order valence-electron chi connectivity index (χ0n) is 37.4. The fraction of sp³-hybridized carbons (Fsp3) is 0.667. The summed E-state index contributed by atoms with van der Waals surface area (Å²) >= 11 is 0. The van der Waals surface area contributed by atoms with Crippen LogP contribution in [0.1, 0.15) is 142 Å². The second-order valence-corrected chi connectivity index (χ2v) is 17.5. The van der Waals surface area contributed by atoms with Gasteiger partial charge in [0.25, 0.3) is 0 Å². The Kier molecular flexibility index (Phi) is 32.9. The van der Waals surface area contributed by atoms with Crippen molar-refractivity contribution in [3.05, 3.63) is 85.1 Å². The summed E-state index contributed by atoms with van der Waals surface area (Å²) in [4.78, 5) is 35.4. The SMILES string of the molecule is CC/C=C\C/C=C\C/C=C\C/C=C\C/C=C\C/C=C\CCC(=O)O[C@H](COC(=O)CCCCCCC/C=C\CC1OC1CCCCC)COP(=O)(O)OCC[N+](C)(C)C. The van der Waals surface area contributed by atoms with Crippen molar-refractivity contribution >= 4 is 19.8 Å². The molecule has 0 aromatic heterocycles. The van der Waals surface area contributed by atoms with E-state index in [0.717, 1.165) is 77.0 Å². The average molecular weight is 847 g/mol. The molecule has 0 bridgehead atoms. The Morgan fingerprint density at radius 1 is 0.644 bits per heavy atom. The van der Waals surface area contributed by atoms with Gasteiger partial charge in [0, 0.05) is 12.8 Å². The van der Waals surface area contributed by atoms with Crippen LogP contribution in [0.5, 0.6) is 0 Å². The van der Waals surface area contributed by atoms with Gasteiger partial charge in [0.05, 0.1) is 40.0 Å². The van der Waals surface area contributed by atoms with E-state index in [-0.39, 0.29) is 26.1 Å². The summed E-state index contributed by atoms with van der Waals surface area (Å²) in [5.41, 5.74) is 0. The molecule has 0 aromatic carbocycles. The first-order valence-corrected chi connectivity index (χ1v) is 23.9. The summed E-state index contributed by atoms with van der Waals surface area (Å²) in [6.45, 7) is 4.14. The maximum Gasteiger partial charge on any atom is 0.472 e. The van der Waals surface area contributed by atoms with Gasteiger partial charge in [0.1, 0.15) is 19.8 Å². The molecule has 336 valence electrons. The summed E-state index contributed by atoms with van der Waals surface area (Å²) in [5, 5.41) is 0. The van der Waals surface area contributed by atoms with Crippen molar-refractivity contribution in [2.75, 3.05) is 47.5 Å². The van der Waals surface area contributed by atoms with Crippen LogP contribution in [0.15, 0.2) is 85.1 Å². The van der Waals surface area contributed by atoms with E-state index in [2.05, 4.69) is 86.8 Å². The van der Waals surface area contributed by atoms with Gasteiger partial charge < -0.3 is 23.6 Å². The highest BCUT2D eigenvalue weighted by Crippen LogP contribution is 2.43. The highest BCUT2D eigenvalue weighted by molar-refractivity contribution is 7.47. The summed E-state index contributed by atoms with van der Waals surface area (Å²) in [6, 6.07) is 0. The Labute approximate surface area is 358 Å². The van der Waals surface area contributed by atoms with Crippen LogP contribution in [0, 0.1) is 0 Å². The summed E-state index contributed by atoms with van der Waals surface area (Å²) in [5.74, 6) is -0.927. The van der Waals surface area contributed by atoms with Crippen molar-refractivity contribution < 1.29 is 46.8 Å². The Balaban J connectivity index is 2.34. The van der Waals surface area contributed by atoms with Gasteiger partial charge in [-0.3, -0.25) is 18.6 Å². The number of unbranched alkanes of at least 4 members (excludes halogenated alkanes) is 7. The molecule has 10 nitrogen and oxygen atoms in total. The second kappa shape index (κ2) is 35.9. The van der Waals surface area contributed by atoms with E-state index in [1.807, 2.05) is 33.3 Å². The lowest BCUT2D eigenvalue weighted by Crippen LogP contribution is -2.37. The van der Waals surface area contributed by atoms with Gasteiger partial charge in [-0.2, -0.15) is 0 Å². The first kappa shape index (κ1) is 54.2. The molecule has 1 N–H and O–H groups in total. The minimum Gasteiger partial charge on any atom is -0.462 e. The number of carbonyl (C=O) groups is 2. The zero-order chi connectivity index (χ0) is 43.3. The molecule has 0 amide bonds. The monoisotopic (exact) mass is 847 g/mol. The molecule has 0 aromatic rings. The predicted molar refractivity (Wildman–Crippen MR) is 242 cm³/mol. The highest BCUT2D eigenvalue weighted by atomic mass is 31.2. The van der Waals surface area contributed by atoms with Crippen LogP contribution in [0.2, 0.25) is 0 Å². The maximum atomic E-state index is 12.7. The van der Waals surface area contributed by atoms with Crippen molar-refractivity contribution in [2.45, 2.75) is 161 Å². The summed E-state index contributed by atoms with van der Waals surface area (Å²) < 4.78 is 40.0. The van der Waals surface area contributed by atoms with Crippen LogP contribution < -0.4 is 0 Å². The number of hydrogen-bond acceptors (Lipinski definition) is 8. The van der Waals surface area contributed by atoms with Crippen LogP contribution >= 0.6 is 7.82 Å². The molecule has 1 rings (SSSR count). The lowest BCUT2D eigenvalue weighted by Gasteiger charge is -2.24. The Morgan fingerprint density at radius 3 is 1.83 bits per heavy atom. The van der Waals surface area contributed by atoms with E-state index in [1.54, 1.807) is 0 Å². The maximum absolute atomic E-state index is 12.7. The molecule has 1 saturated heterocycles. The van der Waals surface area contributed by atoms with E-state index >= 15 is 0 Å². The van der Waals surface area contributed by atoms with Crippen molar-refractivity contribution in [3.8, 4) is 0 Å². The van der Waals surface area contributed by atoms with Crippen LogP contribution in [-0.4, -0.2) is 87.1 Å². The van der Waals surface area contributed by atoms with Crippen molar-refractivity contribution in [1.29, 1.82) is 0 Å². The van der Waals surface area contributed by atoms with Crippen LogP contribution in [0.3, 0.4) is 0 Å². The standard InChI is InChI=1S/C48H80NO9P/c1-6-8-10-11-12-13-14-15-16-17-18-19-20-21-22-23-28-31-35-39-48(51)57-44(43-56-59(52,53)55-41-40-49(3,4)5)42-54-47(50)38-34-30-27-25-24-26-29-33-37-46-45(58-46)36-32-9-7-2/h8,10,12-13,15-16,18-19,21-22,28-29,31,33,44-46H,6-7,9,11,14,17,20,23-27,30,32,34-43H2,1-5H3/p+1/b10-8-,13-12-,16-15-,19-18-,22-21-,31-28-,33-29-/t44-,45?,46?/m1/s1. The fourth-order valence-electron chi connectivity index (χ4n) is 5.75. The summed E-state index contributed by atoms with van der Waals surface area (Å²) in [6.07, 6.45) is 48.2. The minimum absolute atomic E-state index is 0.00879. The molecule has 1 aliphatic heterocycles. The number of epoxide rings is 1. The number of rotatable bonds is 38. The summed E-state index contributed by atoms with van der Waals surface area (Å²) in [7, 11) is 1.40. The zero-order valence-corrected chi connectivity index (χ0v) is 38.3. The number of phosphoric acid groups is 1. The molecule has 4 atom stereocenters. The molecule has 11 heteroatoms. The topological polar surface area (TPSA) is 121 Å². The molecule has 0 radical (unpaired) electrons. The van der Waals surface area contributed by atoms with Crippen LogP contribution in [-0.2, 0) is 37.4 Å². The number of hydrogen-bond donors (Lipinski definition) is 1. The Hall–Kier alpha value is -2.85. The molecule has 59 heavy (non-hydrogen) atoms. The quantitative estimate of drug-likeness (QED) is 0.0162. The minimum atomic E-state index is -4.41. The van der Waals surface area contributed by atoms with Gasteiger partial charge in [-0.15, -0.1) is 0 Å². The first-order chi connectivity index (χ1) is 28.5. The molecule has 0 saturated carbocycles. The lowest BCUT2D eigenvalue weighted by atomic mass is 10.1. The van der Waals surface area contributed by atoms with Gasteiger partial charge in [-0.05, 0) is 77.0 Å². The number of phosphoric ester groups is 1. The Bertz CT molecular complexity index is 1340. The predicted octanol–water partition coefficient (Wildman–Crippen LogP) is 11.8. The van der Waals surface area contributed by atoms with Gasteiger partial charge in [-0.25, -0.2) is 4.57 Å². The second-order valence-electron chi connectivity index (χ2n) is 16.1. The third-order valence-corrected chi connectivity index (χ3v) is 10.3. The average Bonchev–Trinajstić information content (AvgIpc) is 3.94. The number of esters is 2. The highest BCUT2D eigenvalue weighted by Gasteiger charge is 2.36. The number of ether oxygens (including phenoxy) is 3. The lowest BCUT2D eigenvalue weighted by molar-refractivity contribution is -0.870. The largest absolute Gasteiger partial charge is 0.472 e. The van der Waals surface area contributed by atoms with E-state index in [1.165, 1.54) is 25.7 Å². The molecular formula is C48H81NO9P+. The molecular weight excluding hydrogens is 766 g/mol. The van der Waals surface area contributed by atoms with Gasteiger partial charge in [0.15, 0.2) is 6.10 Å². The third-order valence-electron chi connectivity index (χ3n) is 9.35. The number of likely N-dealkylation sites (N-methyl/N-ethyl adjacent to an activating group) is 1. The normalized spacial score (nSPS) is 17.8. The van der Waals surface area contributed by atoms with Crippen molar-refractivity contribution in [3.63, 3.8) is 0 Å². The molecule has 0 spiro atoms. The van der Waals surface area contributed by atoms with Crippen LogP contribution in [0.25, 0.3) is 0 Å². The third kappa shape index (κ3) is 36.7. The van der Waals surface area contributed by atoms with Crippen LogP contribution in [0.4, 0.5) is 0 Å². The van der Waals surface area contributed by atoms with Gasteiger partial charge in [-0.1, -0.05) is 137 Å². The van der Waals surface area contributed by atoms with Gasteiger partial charge >= 0.3 is 19.8 Å². The molecule has 1 heterocycles. The van der Waals surface area contributed by atoms with E-state index in [0.29, 0.717) is 36.1 Å². The number of carbonyl (C=O) groups excluding carboxylic acids is 2. The van der Waals surface area contributed by atoms with Crippen molar-refractivity contribution in [2.24, 2.45) is 0 Å².